The van der Waals surface area contributed by atoms with Gasteiger partial charge in [-0.15, -0.1) is 0 Å². The van der Waals surface area contributed by atoms with Gasteiger partial charge in [-0.3, -0.25) is 13.9 Å². The van der Waals surface area contributed by atoms with Gasteiger partial charge in [-0.2, -0.15) is 5.10 Å². The summed E-state index contributed by atoms with van der Waals surface area (Å²) < 4.78 is 8.99. The average molecular weight is 437 g/mol. The van der Waals surface area contributed by atoms with Crippen molar-refractivity contribution < 1.29 is 9.53 Å². The summed E-state index contributed by atoms with van der Waals surface area (Å²) in [7, 11) is 1.70. The quantitative estimate of drug-likeness (QED) is 0.447. The van der Waals surface area contributed by atoms with Crippen molar-refractivity contribution in [3.63, 3.8) is 0 Å². The maximum Gasteiger partial charge on any atom is 0.211 e. The summed E-state index contributed by atoms with van der Waals surface area (Å²) in [6.45, 7) is 2.73. The molecule has 0 spiro atoms. The molecule has 1 aromatic carbocycles. The number of hydrogen-bond donors (Lipinski definition) is 0. The fraction of sp³-hybridized carbons (Fsp3) is 0.273. The third-order valence-corrected chi connectivity index (χ3v) is 5.63. The van der Waals surface area contributed by atoms with Crippen LogP contribution >= 0.6 is 11.6 Å². The summed E-state index contributed by atoms with van der Waals surface area (Å²) >= 11 is 6.16. The first-order valence-corrected chi connectivity index (χ1v) is 10.5. The topological polar surface area (TPSA) is 77.5 Å². The zero-order chi connectivity index (χ0) is 21.4. The number of carbonyl (C=O) groups excluding carboxylic acids is 1. The van der Waals surface area contributed by atoms with Crippen LogP contribution in [0, 0.1) is 0 Å². The van der Waals surface area contributed by atoms with Gasteiger partial charge in [-0.05, 0) is 0 Å². The number of anilines is 1. The largest absolute Gasteiger partial charge is 0.378 e. The number of carbonyl (C=O) groups is 1. The Balaban J connectivity index is 1.58. The molecule has 0 aliphatic carbocycles. The van der Waals surface area contributed by atoms with Crippen LogP contribution in [0.3, 0.4) is 0 Å². The van der Waals surface area contributed by atoms with E-state index in [4.69, 9.17) is 26.3 Å². The predicted octanol–water partition coefficient (Wildman–Crippen LogP) is 3.05. The third-order valence-electron chi connectivity index (χ3n) is 5.35. The highest BCUT2D eigenvalue weighted by Crippen LogP contribution is 2.25. The van der Waals surface area contributed by atoms with Crippen LogP contribution < -0.4 is 4.90 Å². The molecule has 1 saturated heterocycles. The van der Waals surface area contributed by atoms with Crippen molar-refractivity contribution in [2.75, 3.05) is 31.2 Å². The van der Waals surface area contributed by atoms with Gasteiger partial charge in [0.2, 0.25) is 5.95 Å². The van der Waals surface area contributed by atoms with Crippen LogP contribution in [0.4, 0.5) is 5.95 Å². The first-order chi connectivity index (χ1) is 15.1. The minimum atomic E-state index is -0.135. The first-order valence-electron chi connectivity index (χ1n) is 10.1. The van der Waals surface area contributed by atoms with Crippen LogP contribution in [0.25, 0.3) is 16.9 Å². The Bertz CT molecular complexity index is 1220. The number of benzene rings is 1. The lowest BCUT2D eigenvalue weighted by atomic mass is 10.1. The number of fused-ring (bicyclic) bond motifs is 1. The summed E-state index contributed by atoms with van der Waals surface area (Å²) in [5.41, 5.74) is 3.65. The molecule has 31 heavy (non-hydrogen) atoms. The number of rotatable bonds is 5. The molecule has 158 valence electrons. The van der Waals surface area contributed by atoms with Gasteiger partial charge in [0.25, 0.3) is 0 Å². The Morgan fingerprint density at radius 2 is 1.94 bits per heavy atom. The molecule has 9 heteroatoms. The minimum absolute atomic E-state index is 0.112. The van der Waals surface area contributed by atoms with E-state index in [2.05, 4.69) is 10.00 Å². The number of imidazole rings is 1. The molecular weight excluding hydrogens is 416 g/mol. The van der Waals surface area contributed by atoms with Gasteiger partial charge < -0.3 is 9.64 Å². The highest BCUT2D eigenvalue weighted by Gasteiger charge is 2.21. The van der Waals surface area contributed by atoms with E-state index in [0.717, 1.165) is 35.9 Å². The molecule has 1 fully saturated rings. The number of hydrogen-bond acceptors (Lipinski definition) is 6. The summed E-state index contributed by atoms with van der Waals surface area (Å²) in [6.07, 6.45) is 3.58. The van der Waals surface area contributed by atoms with Crippen molar-refractivity contribution in [1.82, 2.24) is 24.1 Å². The van der Waals surface area contributed by atoms with Gasteiger partial charge in [0.05, 0.1) is 42.2 Å². The Morgan fingerprint density at radius 1 is 1.16 bits per heavy atom. The number of ketones is 1. The van der Waals surface area contributed by atoms with Gasteiger partial charge >= 0.3 is 0 Å². The molecule has 1 aliphatic rings. The van der Waals surface area contributed by atoms with E-state index in [1.807, 2.05) is 47.0 Å². The molecule has 0 bridgehead atoms. The number of morpholine rings is 1. The number of aromatic nitrogens is 5. The lowest BCUT2D eigenvalue weighted by Crippen LogP contribution is -2.38. The van der Waals surface area contributed by atoms with Crippen molar-refractivity contribution in [3.8, 4) is 11.3 Å². The van der Waals surface area contributed by atoms with E-state index in [-0.39, 0.29) is 12.2 Å². The summed E-state index contributed by atoms with van der Waals surface area (Å²) in [5, 5.41) is 4.40. The number of halogens is 1. The molecule has 1 aliphatic heterocycles. The van der Waals surface area contributed by atoms with Gasteiger partial charge in [0.1, 0.15) is 11.3 Å². The SMILES string of the molecule is Cn1ncc(Cl)c1C(=O)Cc1cc2nc(-c3ccccc3)cn2c(N2CCOCC2)n1. The zero-order valence-electron chi connectivity index (χ0n) is 17.0. The van der Waals surface area contributed by atoms with E-state index < -0.39 is 0 Å². The normalized spacial score (nSPS) is 14.3. The molecule has 5 rings (SSSR count). The lowest BCUT2D eigenvalue weighted by Gasteiger charge is -2.28. The van der Waals surface area contributed by atoms with Crippen LogP contribution in [0.2, 0.25) is 5.02 Å². The van der Waals surface area contributed by atoms with Crippen molar-refractivity contribution in [3.05, 3.63) is 65.2 Å². The molecule has 4 heterocycles. The Labute approximate surface area is 184 Å². The lowest BCUT2D eigenvalue weighted by molar-refractivity contribution is 0.0983. The van der Waals surface area contributed by atoms with Gasteiger partial charge in [0, 0.05) is 38.0 Å². The van der Waals surface area contributed by atoms with Gasteiger partial charge in [-0.25, -0.2) is 9.97 Å². The van der Waals surface area contributed by atoms with Crippen molar-refractivity contribution in [2.45, 2.75) is 6.42 Å². The smallest absolute Gasteiger partial charge is 0.211 e. The second-order valence-electron chi connectivity index (χ2n) is 7.43. The fourth-order valence-corrected chi connectivity index (χ4v) is 4.09. The third kappa shape index (κ3) is 3.80. The van der Waals surface area contributed by atoms with E-state index in [1.54, 1.807) is 7.05 Å². The Kier molecular flexibility index (Phi) is 5.17. The molecule has 0 atom stereocenters. The van der Waals surface area contributed by atoms with E-state index >= 15 is 0 Å². The van der Waals surface area contributed by atoms with Crippen LogP contribution in [-0.2, 0) is 18.2 Å². The van der Waals surface area contributed by atoms with E-state index in [0.29, 0.717) is 29.6 Å². The first kappa shape index (κ1) is 19.7. The summed E-state index contributed by atoms with van der Waals surface area (Å²) in [5.74, 6) is 0.624. The fourth-order valence-electron chi connectivity index (χ4n) is 3.82. The molecule has 0 amide bonds. The molecule has 0 N–H and O–H groups in total. The van der Waals surface area contributed by atoms with Crippen LogP contribution in [0.15, 0.2) is 48.8 Å². The number of ether oxygens (including phenoxy) is 1. The molecule has 0 saturated carbocycles. The molecule has 8 nitrogen and oxygen atoms in total. The Morgan fingerprint density at radius 3 is 2.65 bits per heavy atom. The molecule has 0 unspecified atom stereocenters. The second kappa shape index (κ2) is 8.13. The van der Waals surface area contributed by atoms with Gasteiger partial charge in [0.15, 0.2) is 5.78 Å². The average Bonchev–Trinajstić information content (AvgIpc) is 3.37. The maximum absolute atomic E-state index is 12.9. The number of aryl methyl sites for hydroxylation is 1. The number of Topliss-reactive ketones (excluding diaryl/α,β-unsaturated/α-hetero) is 1. The van der Waals surface area contributed by atoms with E-state index in [9.17, 15) is 4.79 Å². The maximum atomic E-state index is 12.9. The summed E-state index contributed by atoms with van der Waals surface area (Å²) in [6, 6.07) is 11.9. The molecular formula is C22H21ClN6O2. The van der Waals surface area contributed by atoms with Crippen molar-refractivity contribution >= 4 is 29.0 Å². The highest BCUT2D eigenvalue weighted by atomic mass is 35.5. The second-order valence-corrected chi connectivity index (χ2v) is 7.84. The molecule has 3 aromatic heterocycles. The molecule has 4 aromatic rings. The van der Waals surface area contributed by atoms with Crippen LogP contribution in [0.5, 0.6) is 0 Å². The highest BCUT2D eigenvalue weighted by molar-refractivity contribution is 6.33. The van der Waals surface area contributed by atoms with Crippen molar-refractivity contribution in [2.24, 2.45) is 7.05 Å². The predicted molar refractivity (Wildman–Crippen MR) is 118 cm³/mol. The van der Waals surface area contributed by atoms with Gasteiger partial charge in [-0.1, -0.05) is 41.9 Å². The standard InChI is InChI=1S/C22H21ClN6O2/c1-27-21(17(23)13-24-27)19(30)11-16-12-20-26-18(15-5-3-2-4-6-15)14-29(20)22(25-16)28-7-9-31-10-8-28/h2-6,12-14H,7-11H2,1H3. The number of nitrogens with zero attached hydrogens (tertiary/aromatic N) is 6. The Hall–Kier alpha value is -3.23. The zero-order valence-corrected chi connectivity index (χ0v) is 17.8. The minimum Gasteiger partial charge on any atom is -0.378 e. The van der Waals surface area contributed by atoms with E-state index in [1.165, 1.54) is 10.9 Å². The monoisotopic (exact) mass is 436 g/mol. The van der Waals surface area contributed by atoms with Crippen molar-refractivity contribution in [1.29, 1.82) is 0 Å². The van der Waals surface area contributed by atoms with Crippen LogP contribution in [-0.4, -0.2) is 56.2 Å². The van der Waals surface area contributed by atoms with Crippen LogP contribution in [0.1, 0.15) is 16.2 Å². The summed E-state index contributed by atoms with van der Waals surface area (Å²) in [4.78, 5) is 24.7. The molecule has 0 radical (unpaired) electrons.